The van der Waals surface area contributed by atoms with Crippen molar-refractivity contribution < 1.29 is 18.7 Å². The second-order valence-electron chi connectivity index (χ2n) is 4.71. The van der Waals surface area contributed by atoms with Gasteiger partial charge in [0.15, 0.2) is 0 Å². The van der Waals surface area contributed by atoms with Gasteiger partial charge in [0.1, 0.15) is 5.16 Å². The number of benzene rings is 1. The van der Waals surface area contributed by atoms with E-state index in [4.69, 9.17) is 9.05 Å². The first-order valence-corrected chi connectivity index (χ1v) is 8.24. The van der Waals surface area contributed by atoms with Crippen molar-refractivity contribution in [2.45, 2.75) is 25.4 Å². The van der Waals surface area contributed by atoms with Crippen LogP contribution in [0.4, 0.5) is 0 Å². The normalized spacial score (nSPS) is 26.4. The largest absolute Gasteiger partial charge is 0.396 e. The fraction of sp³-hybridized carbons (Fsp3) is 0.571. The maximum Gasteiger partial charge on any atom is 0.341 e. The maximum atomic E-state index is 13.1. The number of aliphatic hydroxyl groups is 1. The summed E-state index contributed by atoms with van der Waals surface area (Å²) < 4.78 is 24.1. The fourth-order valence-corrected chi connectivity index (χ4v) is 5.37. The van der Waals surface area contributed by atoms with Crippen LogP contribution in [0.15, 0.2) is 30.3 Å². The average molecular weight is 284 g/mol. The Morgan fingerprint density at radius 2 is 1.84 bits per heavy atom. The lowest BCUT2D eigenvalue weighted by Crippen LogP contribution is -2.17. The molecule has 1 fully saturated rings. The van der Waals surface area contributed by atoms with E-state index in [1.165, 1.54) is 0 Å². The molecule has 1 aliphatic carbocycles. The van der Waals surface area contributed by atoms with Gasteiger partial charge in [-0.3, -0.25) is 4.57 Å². The Kier molecular flexibility index (Phi) is 4.46. The van der Waals surface area contributed by atoms with Crippen LogP contribution in [-0.2, 0) is 18.8 Å². The lowest BCUT2D eigenvalue weighted by Gasteiger charge is -2.27. The van der Waals surface area contributed by atoms with Crippen molar-refractivity contribution in [1.82, 2.24) is 0 Å². The molecule has 106 valence electrons. The van der Waals surface area contributed by atoms with Gasteiger partial charge in [0.2, 0.25) is 0 Å². The molecule has 1 aliphatic rings. The predicted octanol–water partition coefficient (Wildman–Crippen LogP) is 3.16. The number of hydrogen-bond donors (Lipinski definition) is 1. The quantitative estimate of drug-likeness (QED) is 0.781. The summed E-state index contributed by atoms with van der Waals surface area (Å²) >= 11 is 0. The molecule has 0 radical (unpaired) electrons. The van der Waals surface area contributed by atoms with Crippen molar-refractivity contribution in [2.75, 3.05) is 19.8 Å². The molecule has 0 spiro atoms. The number of aliphatic hydroxyl groups excluding tert-OH is 1. The molecule has 0 aromatic heterocycles. The molecule has 1 saturated carbocycles. The zero-order valence-corrected chi connectivity index (χ0v) is 12.3. The van der Waals surface area contributed by atoms with Crippen LogP contribution < -0.4 is 0 Å². The summed E-state index contributed by atoms with van der Waals surface area (Å²) in [5.41, 5.74) is 0.930. The SMILES string of the molecule is CCOP(=O)(OCC)[C@@]1(c2ccccc2)C[C@@H]1CO. The zero-order chi connectivity index (χ0) is 13.9. The van der Waals surface area contributed by atoms with Gasteiger partial charge in [-0.1, -0.05) is 30.3 Å². The van der Waals surface area contributed by atoms with Crippen LogP contribution in [0.25, 0.3) is 0 Å². The van der Waals surface area contributed by atoms with Gasteiger partial charge in [-0.05, 0) is 25.8 Å². The summed E-state index contributed by atoms with van der Waals surface area (Å²) in [5, 5.41) is 8.80. The Bertz CT molecular complexity index is 452. The van der Waals surface area contributed by atoms with E-state index >= 15 is 0 Å². The Hall–Kier alpha value is -0.670. The minimum atomic E-state index is -3.27. The molecule has 0 unspecified atom stereocenters. The molecule has 0 amide bonds. The summed E-state index contributed by atoms with van der Waals surface area (Å²) in [6.07, 6.45) is 0.644. The van der Waals surface area contributed by atoms with Crippen molar-refractivity contribution >= 4 is 7.60 Å². The van der Waals surface area contributed by atoms with Gasteiger partial charge in [0.05, 0.1) is 13.2 Å². The highest BCUT2D eigenvalue weighted by atomic mass is 31.2. The van der Waals surface area contributed by atoms with Gasteiger partial charge >= 0.3 is 7.60 Å². The van der Waals surface area contributed by atoms with Crippen LogP contribution >= 0.6 is 7.60 Å². The third kappa shape index (κ3) is 2.38. The molecular formula is C14H21O4P. The van der Waals surface area contributed by atoms with E-state index in [9.17, 15) is 9.67 Å². The standard InChI is InChI=1S/C14H21O4P/c1-3-17-19(16,18-4-2)14(10-13(14)11-15)12-8-6-5-7-9-12/h5-9,13,15H,3-4,10-11H2,1-2H3/t13-,14-/m1/s1. The fourth-order valence-electron chi connectivity index (χ4n) is 2.71. The molecule has 1 aromatic carbocycles. The van der Waals surface area contributed by atoms with Crippen molar-refractivity contribution in [1.29, 1.82) is 0 Å². The van der Waals surface area contributed by atoms with Crippen molar-refractivity contribution in [3.63, 3.8) is 0 Å². The van der Waals surface area contributed by atoms with Gasteiger partial charge in [0.25, 0.3) is 0 Å². The van der Waals surface area contributed by atoms with Crippen LogP contribution in [-0.4, -0.2) is 24.9 Å². The number of rotatable bonds is 7. The monoisotopic (exact) mass is 284 g/mol. The van der Waals surface area contributed by atoms with Crippen LogP contribution in [0, 0.1) is 5.92 Å². The second-order valence-corrected chi connectivity index (χ2v) is 7.02. The molecule has 1 N–H and O–H groups in total. The van der Waals surface area contributed by atoms with Gasteiger partial charge < -0.3 is 14.2 Å². The van der Waals surface area contributed by atoms with E-state index in [1.54, 1.807) is 13.8 Å². The summed E-state index contributed by atoms with van der Waals surface area (Å²) in [4.78, 5) is 0. The molecule has 0 aliphatic heterocycles. The molecule has 2 atom stereocenters. The third-order valence-corrected chi connectivity index (χ3v) is 6.63. The van der Waals surface area contributed by atoms with E-state index in [-0.39, 0.29) is 12.5 Å². The van der Waals surface area contributed by atoms with Gasteiger partial charge in [0, 0.05) is 12.5 Å². The van der Waals surface area contributed by atoms with E-state index < -0.39 is 12.8 Å². The Balaban J connectivity index is 2.43. The molecule has 0 bridgehead atoms. The lowest BCUT2D eigenvalue weighted by atomic mass is 10.1. The molecule has 2 rings (SSSR count). The summed E-state index contributed by atoms with van der Waals surface area (Å²) in [6, 6.07) is 9.60. The highest BCUT2D eigenvalue weighted by molar-refractivity contribution is 7.55. The molecule has 4 nitrogen and oxygen atoms in total. The maximum absolute atomic E-state index is 13.1. The zero-order valence-electron chi connectivity index (χ0n) is 11.4. The van der Waals surface area contributed by atoms with Crippen molar-refractivity contribution in [2.24, 2.45) is 5.92 Å². The van der Waals surface area contributed by atoms with Crippen molar-refractivity contribution in [3.05, 3.63) is 35.9 Å². The summed E-state index contributed by atoms with van der Waals surface area (Å²) in [6.45, 7) is 4.29. The Morgan fingerprint density at radius 3 is 2.26 bits per heavy atom. The smallest absolute Gasteiger partial charge is 0.341 e. The first-order chi connectivity index (χ1) is 9.14. The van der Waals surface area contributed by atoms with E-state index in [0.717, 1.165) is 5.56 Å². The molecule has 19 heavy (non-hydrogen) atoms. The Labute approximate surface area is 114 Å². The third-order valence-electron chi connectivity index (χ3n) is 3.65. The van der Waals surface area contributed by atoms with Gasteiger partial charge in [-0.25, -0.2) is 0 Å². The summed E-state index contributed by atoms with van der Waals surface area (Å²) in [7, 11) is -3.27. The second kappa shape index (κ2) is 5.76. The van der Waals surface area contributed by atoms with Crippen molar-refractivity contribution in [3.8, 4) is 0 Å². The van der Waals surface area contributed by atoms with Crippen LogP contribution in [0.2, 0.25) is 0 Å². The topological polar surface area (TPSA) is 55.8 Å². The van der Waals surface area contributed by atoms with E-state index in [2.05, 4.69) is 0 Å². The average Bonchev–Trinajstić information content (AvgIpc) is 3.17. The van der Waals surface area contributed by atoms with Gasteiger partial charge in [-0.2, -0.15) is 0 Å². The van der Waals surface area contributed by atoms with Crippen LogP contribution in [0.3, 0.4) is 0 Å². The first-order valence-electron chi connectivity index (χ1n) is 6.70. The highest BCUT2D eigenvalue weighted by Crippen LogP contribution is 2.79. The summed E-state index contributed by atoms with van der Waals surface area (Å²) in [5.74, 6) is -0.0566. The molecule has 0 heterocycles. The van der Waals surface area contributed by atoms with Crippen LogP contribution in [0.1, 0.15) is 25.8 Å². The number of hydrogen-bond acceptors (Lipinski definition) is 4. The van der Waals surface area contributed by atoms with E-state index in [0.29, 0.717) is 19.6 Å². The molecule has 5 heteroatoms. The Morgan fingerprint density at radius 1 is 1.26 bits per heavy atom. The lowest BCUT2D eigenvalue weighted by molar-refractivity contribution is 0.201. The molecular weight excluding hydrogens is 263 g/mol. The highest BCUT2D eigenvalue weighted by Gasteiger charge is 2.68. The van der Waals surface area contributed by atoms with Crippen LogP contribution in [0.5, 0.6) is 0 Å². The minimum absolute atomic E-state index is 0.000959. The molecule has 1 aromatic rings. The predicted molar refractivity (Wildman–Crippen MR) is 74.2 cm³/mol. The van der Waals surface area contributed by atoms with Gasteiger partial charge in [-0.15, -0.1) is 0 Å². The van der Waals surface area contributed by atoms with E-state index in [1.807, 2.05) is 30.3 Å². The molecule has 0 saturated heterocycles. The minimum Gasteiger partial charge on any atom is -0.396 e. The first kappa shape index (κ1) is 14.7.